The monoisotopic (exact) mass is 188 g/mol. The number of nitrogens with zero attached hydrogens (tertiary/aromatic N) is 1. The van der Waals surface area contributed by atoms with Gasteiger partial charge >= 0.3 is 0 Å². The van der Waals surface area contributed by atoms with Gasteiger partial charge < -0.3 is 5.32 Å². The van der Waals surface area contributed by atoms with Gasteiger partial charge in [-0.2, -0.15) is 5.26 Å². The van der Waals surface area contributed by atoms with Crippen LogP contribution in [0, 0.1) is 25.2 Å². The Morgan fingerprint density at radius 2 is 1.71 bits per heavy atom. The first kappa shape index (κ1) is 10.6. The minimum atomic E-state index is -0.517. The predicted molar refractivity (Wildman–Crippen MR) is 59.2 cm³/mol. The molecule has 0 heterocycles. The van der Waals surface area contributed by atoms with Crippen molar-refractivity contribution in [1.82, 2.24) is 0 Å². The van der Waals surface area contributed by atoms with Gasteiger partial charge in [0.25, 0.3) is 0 Å². The summed E-state index contributed by atoms with van der Waals surface area (Å²) in [6.07, 6.45) is 0. The summed E-state index contributed by atoms with van der Waals surface area (Å²) in [5.41, 5.74) is 2.90. The summed E-state index contributed by atoms with van der Waals surface area (Å²) >= 11 is 0. The second-order valence-electron chi connectivity index (χ2n) is 4.13. The van der Waals surface area contributed by atoms with Crippen LogP contribution in [0.4, 0.5) is 5.69 Å². The molecule has 74 valence electrons. The highest BCUT2D eigenvalue weighted by molar-refractivity contribution is 5.58. The van der Waals surface area contributed by atoms with E-state index in [-0.39, 0.29) is 0 Å². The molecule has 0 fully saturated rings. The lowest BCUT2D eigenvalue weighted by Gasteiger charge is -2.22. The number of nitriles is 1. The van der Waals surface area contributed by atoms with E-state index in [1.807, 2.05) is 45.9 Å². The lowest BCUT2D eigenvalue weighted by molar-refractivity contribution is 0.726. The highest BCUT2D eigenvalue weighted by Gasteiger charge is 2.17. The fourth-order valence-corrected chi connectivity index (χ4v) is 1.35. The molecule has 0 amide bonds. The van der Waals surface area contributed by atoms with Gasteiger partial charge in [0.2, 0.25) is 0 Å². The largest absolute Gasteiger partial charge is 0.367 e. The van der Waals surface area contributed by atoms with Crippen molar-refractivity contribution in [3.8, 4) is 6.07 Å². The van der Waals surface area contributed by atoms with Gasteiger partial charge in [-0.25, -0.2) is 0 Å². The van der Waals surface area contributed by atoms with Gasteiger partial charge in [0.1, 0.15) is 5.54 Å². The molecule has 14 heavy (non-hydrogen) atoms. The molecule has 0 aliphatic carbocycles. The normalized spacial score (nSPS) is 10.8. The Morgan fingerprint density at radius 3 is 2.14 bits per heavy atom. The highest BCUT2D eigenvalue weighted by Crippen LogP contribution is 2.22. The van der Waals surface area contributed by atoms with Crippen molar-refractivity contribution in [1.29, 1.82) is 5.26 Å². The molecule has 0 aromatic heterocycles. The molecule has 1 aromatic carbocycles. The van der Waals surface area contributed by atoms with Crippen LogP contribution in [0.3, 0.4) is 0 Å². The van der Waals surface area contributed by atoms with Crippen molar-refractivity contribution < 1.29 is 0 Å². The zero-order chi connectivity index (χ0) is 10.8. The highest BCUT2D eigenvalue weighted by atomic mass is 15.0. The van der Waals surface area contributed by atoms with Crippen molar-refractivity contribution >= 4 is 5.69 Å². The quantitative estimate of drug-likeness (QED) is 0.774. The molecule has 0 radical (unpaired) electrons. The number of aryl methyl sites for hydroxylation is 2. The van der Waals surface area contributed by atoms with Gasteiger partial charge in [-0.15, -0.1) is 0 Å². The third kappa shape index (κ3) is 2.26. The van der Waals surface area contributed by atoms with Crippen LogP contribution >= 0.6 is 0 Å². The van der Waals surface area contributed by atoms with E-state index >= 15 is 0 Å². The lowest BCUT2D eigenvalue weighted by Crippen LogP contribution is -2.29. The van der Waals surface area contributed by atoms with Crippen LogP contribution in [-0.4, -0.2) is 5.54 Å². The third-order valence-electron chi connectivity index (χ3n) is 2.20. The van der Waals surface area contributed by atoms with E-state index in [1.54, 1.807) is 0 Å². The Balaban J connectivity index is 3.04. The van der Waals surface area contributed by atoms with E-state index < -0.39 is 5.54 Å². The molecule has 0 atom stereocenters. The summed E-state index contributed by atoms with van der Waals surface area (Å²) in [7, 11) is 0. The summed E-state index contributed by atoms with van der Waals surface area (Å²) < 4.78 is 0. The smallest absolute Gasteiger partial charge is 0.119 e. The van der Waals surface area contributed by atoms with Crippen molar-refractivity contribution in [3.05, 3.63) is 29.3 Å². The standard InChI is InChI=1S/C12H16N2/c1-9-6-5-7-10(2)11(9)14-12(3,4)8-13/h5-7,14H,1-4H3. The second-order valence-corrected chi connectivity index (χ2v) is 4.13. The summed E-state index contributed by atoms with van der Waals surface area (Å²) in [5.74, 6) is 0. The Kier molecular flexibility index (Phi) is 2.81. The number of benzene rings is 1. The van der Waals surface area contributed by atoms with E-state index in [2.05, 4.69) is 11.4 Å². The molecule has 0 bridgehead atoms. The summed E-state index contributed by atoms with van der Waals surface area (Å²) in [4.78, 5) is 0. The lowest BCUT2D eigenvalue weighted by atomic mass is 10.0. The number of hydrogen-bond acceptors (Lipinski definition) is 2. The maximum absolute atomic E-state index is 8.92. The van der Waals surface area contributed by atoms with Crippen LogP contribution in [-0.2, 0) is 0 Å². The van der Waals surface area contributed by atoms with Gasteiger partial charge in [-0.3, -0.25) is 0 Å². The van der Waals surface area contributed by atoms with Gasteiger partial charge in [-0.05, 0) is 38.8 Å². The average molecular weight is 188 g/mol. The van der Waals surface area contributed by atoms with E-state index in [4.69, 9.17) is 5.26 Å². The molecule has 1 aromatic rings. The zero-order valence-electron chi connectivity index (χ0n) is 9.18. The van der Waals surface area contributed by atoms with Crippen LogP contribution in [0.1, 0.15) is 25.0 Å². The van der Waals surface area contributed by atoms with Crippen molar-refractivity contribution in [3.63, 3.8) is 0 Å². The Morgan fingerprint density at radius 1 is 1.21 bits per heavy atom. The van der Waals surface area contributed by atoms with Gasteiger partial charge in [0, 0.05) is 5.69 Å². The number of hydrogen-bond donors (Lipinski definition) is 1. The predicted octanol–water partition coefficient (Wildman–Crippen LogP) is 3.02. The van der Waals surface area contributed by atoms with E-state index in [0.717, 1.165) is 5.69 Å². The molecule has 0 unspecified atom stereocenters. The molecule has 0 aliphatic rings. The maximum Gasteiger partial charge on any atom is 0.119 e. The molecule has 1 rings (SSSR count). The molecule has 2 nitrogen and oxygen atoms in total. The third-order valence-corrected chi connectivity index (χ3v) is 2.20. The first-order valence-corrected chi connectivity index (χ1v) is 4.72. The van der Waals surface area contributed by atoms with Crippen LogP contribution in [0.15, 0.2) is 18.2 Å². The van der Waals surface area contributed by atoms with E-state index in [0.29, 0.717) is 0 Å². The summed E-state index contributed by atoms with van der Waals surface area (Å²) in [6.45, 7) is 7.84. The van der Waals surface area contributed by atoms with E-state index in [9.17, 15) is 0 Å². The minimum Gasteiger partial charge on any atom is -0.367 e. The Labute approximate surface area is 85.6 Å². The van der Waals surface area contributed by atoms with Crippen molar-refractivity contribution in [2.75, 3.05) is 5.32 Å². The van der Waals surface area contributed by atoms with Gasteiger partial charge in [-0.1, -0.05) is 18.2 Å². The number of anilines is 1. The maximum atomic E-state index is 8.92. The first-order chi connectivity index (χ1) is 6.46. The summed E-state index contributed by atoms with van der Waals surface area (Å²) in [5, 5.41) is 12.2. The van der Waals surface area contributed by atoms with Gasteiger partial charge in [0.15, 0.2) is 0 Å². The molecule has 0 saturated carbocycles. The number of nitrogens with one attached hydrogen (secondary N) is 1. The van der Waals surface area contributed by atoms with Crippen LogP contribution in [0.5, 0.6) is 0 Å². The fraction of sp³-hybridized carbons (Fsp3) is 0.417. The van der Waals surface area contributed by atoms with Crippen molar-refractivity contribution in [2.24, 2.45) is 0 Å². The molecule has 0 saturated heterocycles. The Hall–Kier alpha value is -1.49. The minimum absolute atomic E-state index is 0.517. The number of para-hydroxylation sites is 1. The average Bonchev–Trinajstić information content (AvgIpc) is 2.12. The van der Waals surface area contributed by atoms with E-state index in [1.165, 1.54) is 11.1 Å². The molecule has 1 N–H and O–H groups in total. The van der Waals surface area contributed by atoms with Crippen LogP contribution in [0.2, 0.25) is 0 Å². The molecule has 0 spiro atoms. The first-order valence-electron chi connectivity index (χ1n) is 4.72. The van der Waals surface area contributed by atoms with Gasteiger partial charge in [0.05, 0.1) is 6.07 Å². The molecular weight excluding hydrogens is 172 g/mol. The molecule has 0 aliphatic heterocycles. The molecule has 2 heteroatoms. The van der Waals surface area contributed by atoms with Crippen molar-refractivity contribution in [2.45, 2.75) is 33.2 Å². The van der Waals surface area contributed by atoms with Crippen LogP contribution < -0.4 is 5.32 Å². The zero-order valence-corrected chi connectivity index (χ0v) is 9.18. The number of rotatable bonds is 2. The van der Waals surface area contributed by atoms with Crippen LogP contribution in [0.25, 0.3) is 0 Å². The Bertz CT molecular complexity index is 352. The summed E-state index contributed by atoms with van der Waals surface area (Å²) in [6, 6.07) is 8.35. The topological polar surface area (TPSA) is 35.8 Å². The molecular formula is C12H16N2. The second kappa shape index (κ2) is 3.71. The fourth-order valence-electron chi connectivity index (χ4n) is 1.35. The SMILES string of the molecule is Cc1cccc(C)c1NC(C)(C)C#N.